The highest BCUT2D eigenvalue weighted by atomic mass is 32.2. The number of hydrogen-bond acceptors (Lipinski definition) is 5. The van der Waals surface area contributed by atoms with Gasteiger partial charge in [0.05, 0.1) is 37.5 Å². The van der Waals surface area contributed by atoms with Crippen LogP contribution in [-0.2, 0) is 11.3 Å². The molecule has 7 nitrogen and oxygen atoms in total. The van der Waals surface area contributed by atoms with Crippen molar-refractivity contribution in [3.05, 3.63) is 35.9 Å². The van der Waals surface area contributed by atoms with Crippen LogP contribution in [-0.4, -0.2) is 62.4 Å². The normalized spacial score (nSPS) is 19.8. The van der Waals surface area contributed by atoms with Gasteiger partial charge in [0.2, 0.25) is 11.1 Å². The van der Waals surface area contributed by atoms with Crippen LogP contribution in [0.1, 0.15) is 44.2 Å². The van der Waals surface area contributed by atoms with Crippen LogP contribution in [0.3, 0.4) is 0 Å². The number of carbonyl (C=O) groups excluding carboxylic acids is 1. The third-order valence-corrected chi connectivity index (χ3v) is 6.88. The average Bonchev–Trinajstić information content (AvgIpc) is 3.40. The highest BCUT2D eigenvalue weighted by molar-refractivity contribution is 8.00. The molecule has 8 heteroatoms. The molecule has 0 bridgehead atoms. The van der Waals surface area contributed by atoms with E-state index in [2.05, 4.69) is 45.9 Å². The first-order valence-corrected chi connectivity index (χ1v) is 11.2. The van der Waals surface area contributed by atoms with Crippen LogP contribution in [0.5, 0.6) is 0 Å². The van der Waals surface area contributed by atoms with E-state index in [9.17, 15) is 4.79 Å². The van der Waals surface area contributed by atoms with Crippen molar-refractivity contribution in [2.45, 2.75) is 55.6 Å². The van der Waals surface area contributed by atoms with Gasteiger partial charge in [0.1, 0.15) is 6.54 Å². The number of benzene rings is 1. The Labute approximate surface area is 170 Å². The first kappa shape index (κ1) is 19.4. The largest absolute Gasteiger partial charge is 0.330 e. The summed E-state index contributed by atoms with van der Waals surface area (Å²) in [6.07, 6.45) is 4.73. The predicted molar refractivity (Wildman–Crippen MR) is 108 cm³/mol. The van der Waals surface area contributed by atoms with Gasteiger partial charge in [-0.3, -0.25) is 4.79 Å². The highest BCUT2D eigenvalue weighted by Gasteiger charge is 2.29. The van der Waals surface area contributed by atoms with Crippen molar-refractivity contribution in [2.24, 2.45) is 0 Å². The lowest BCUT2D eigenvalue weighted by atomic mass is 10.2. The molecule has 1 amide bonds. The second-order valence-electron chi connectivity index (χ2n) is 7.84. The monoisotopic (exact) mass is 401 g/mol. The van der Waals surface area contributed by atoms with Crippen LogP contribution >= 0.6 is 11.8 Å². The molecular weight excluding hydrogens is 372 g/mol. The van der Waals surface area contributed by atoms with Crippen molar-refractivity contribution in [3.63, 3.8) is 0 Å². The number of amides is 1. The fraction of sp³-hybridized carbons (Fsp3) is 0.600. The molecule has 2 aromatic rings. The first-order chi connectivity index (χ1) is 13.7. The maximum absolute atomic E-state index is 12.9. The van der Waals surface area contributed by atoms with Gasteiger partial charge < -0.3 is 9.80 Å². The number of tetrazole rings is 1. The Bertz CT molecular complexity index is 768. The lowest BCUT2D eigenvalue weighted by molar-refractivity contribution is -0.917. The summed E-state index contributed by atoms with van der Waals surface area (Å²) in [4.78, 5) is 16.5. The van der Waals surface area contributed by atoms with Gasteiger partial charge in [-0.05, 0) is 30.2 Å². The van der Waals surface area contributed by atoms with Crippen molar-refractivity contribution in [1.29, 1.82) is 0 Å². The molecule has 0 radical (unpaired) electrons. The average molecular weight is 402 g/mol. The Hall–Kier alpha value is -1.93. The summed E-state index contributed by atoms with van der Waals surface area (Å²) in [5.74, 6) is 0.199. The quantitative estimate of drug-likeness (QED) is 0.737. The Balaban J connectivity index is 1.29. The number of hydrogen-bond donors (Lipinski definition) is 1. The van der Waals surface area contributed by atoms with E-state index in [0.29, 0.717) is 6.04 Å². The molecule has 1 aromatic carbocycles. The lowest BCUT2D eigenvalue weighted by Crippen LogP contribution is -3.13. The SMILES string of the molecule is C[C@H](Sc1nnnn1C1CCCC1)C(=O)N1CC[NH+](Cc2ccccc2)CC1. The molecule has 2 fully saturated rings. The number of rotatable bonds is 6. The molecule has 150 valence electrons. The number of quaternary nitrogens is 1. The van der Waals surface area contributed by atoms with Crippen molar-refractivity contribution in [2.75, 3.05) is 26.2 Å². The van der Waals surface area contributed by atoms with E-state index in [-0.39, 0.29) is 11.2 Å². The van der Waals surface area contributed by atoms with Crippen molar-refractivity contribution in [1.82, 2.24) is 25.1 Å². The molecule has 1 saturated heterocycles. The third-order valence-electron chi connectivity index (χ3n) is 5.84. The molecule has 1 aliphatic carbocycles. The van der Waals surface area contributed by atoms with Crippen LogP contribution in [0.25, 0.3) is 0 Å². The van der Waals surface area contributed by atoms with Crippen LogP contribution in [0, 0.1) is 0 Å². The molecule has 2 heterocycles. The zero-order valence-corrected chi connectivity index (χ0v) is 17.3. The molecule has 1 aliphatic heterocycles. The highest BCUT2D eigenvalue weighted by Crippen LogP contribution is 2.32. The van der Waals surface area contributed by atoms with Gasteiger partial charge >= 0.3 is 0 Å². The Morgan fingerprint density at radius 2 is 1.93 bits per heavy atom. The van der Waals surface area contributed by atoms with Gasteiger partial charge in [0, 0.05) is 5.56 Å². The van der Waals surface area contributed by atoms with Crippen LogP contribution in [0.2, 0.25) is 0 Å². The fourth-order valence-corrected chi connectivity index (χ4v) is 5.15. The lowest BCUT2D eigenvalue weighted by Gasteiger charge is -2.33. The van der Waals surface area contributed by atoms with E-state index >= 15 is 0 Å². The molecule has 1 atom stereocenters. The van der Waals surface area contributed by atoms with Crippen molar-refractivity contribution in [3.8, 4) is 0 Å². The van der Waals surface area contributed by atoms with E-state index in [4.69, 9.17) is 0 Å². The van der Waals surface area contributed by atoms with Gasteiger partial charge in [-0.25, -0.2) is 4.68 Å². The third kappa shape index (κ3) is 4.55. The van der Waals surface area contributed by atoms with Crippen molar-refractivity contribution < 1.29 is 9.69 Å². The fourth-order valence-electron chi connectivity index (χ4n) is 4.21. The van der Waals surface area contributed by atoms with E-state index in [1.165, 1.54) is 30.2 Å². The van der Waals surface area contributed by atoms with Gasteiger partial charge in [-0.2, -0.15) is 0 Å². The Morgan fingerprint density at radius 3 is 2.64 bits per heavy atom. The summed E-state index contributed by atoms with van der Waals surface area (Å²) in [5.41, 5.74) is 1.36. The van der Waals surface area contributed by atoms with E-state index in [1.807, 2.05) is 16.5 Å². The summed E-state index contributed by atoms with van der Waals surface area (Å²) >= 11 is 1.50. The van der Waals surface area contributed by atoms with E-state index in [1.54, 1.807) is 4.90 Å². The van der Waals surface area contributed by atoms with E-state index in [0.717, 1.165) is 50.7 Å². The number of thioether (sulfide) groups is 1. The minimum absolute atomic E-state index is 0.165. The standard InChI is InChI=1S/C20H28N6OS/c1-16(28-20-21-22-23-26(20)18-9-5-6-10-18)19(27)25-13-11-24(12-14-25)15-17-7-3-2-4-8-17/h2-4,7-8,16,18H,5-6,9-15H2,1H3/p+1/t16-/m0/s1. The number of nitrogens with one attached hydrogen (secondary N) is 1. The second-order valence-corrected chi connectivity index (χ2v) is 9.15. The zero-order valence-electron chi connectivity index (χ0n) is 16.5. The van der Waals surface area contributed by atoms with Gasteiger partial charge in [-0.15, -0.1) is 5.10 Å². The maximum atomic E-state index is 12.9. The number of nitrogens with zero attached hydrogens (tertiary/aromatic N) is 5. The van der Waals surface area contributed by atoms with Gasteiger partial charge in [0.15, 0.2) is 0 Å². The minimum Gasteiger partial charge on any atom is -0.330 e. The molecular formula is C20H29N6OS+. The molecule has 1 N–H and O–H groups in total. The molecule has 28 heavy (non-hydrogen) atoms. The Morgan fingerprint density at radius 1 is 1.21 bits per heavy atom. The first-order valence-electron chi connectivity index (χ1n) is 10.3. The number of aromatic nitrogens is 4. The summed E-state index contributed by atoms with van der Waals surface area (Å²) in [5, 5.41) is 12.8. The molecule has 2 aliphatic rings. The molecule has 0 unspecified atom stereocenters. The molecule has 1 saturated carbocycles. The van der Waals surface area contributed by atoms with Gasteiger partial charge in [-0.1, -0.05) is 54.9 Å². The predicted octanol–water partition coefficient (Wildman–Crippen LogP) is 1.20. The van der Waals surface area contributed by atoms with Crippen LogP contribution in [0.4, 0.5) is 0 Å². The topological polar surface area (TPSA) is 68.4 Å². The smallest absolute Gasteiger partial charge is 0.236 e. The van der Waals surface area contributed by atoms with Crippen molar-refractivity contribution >= 4 is 17.7 Å². The number of carbonyl (C=O) groups is 1. The second kappa shape index (κ2) is 9.05. The van der Waals surface area contributed by atoms with Crippen LogP contribution in [0.15, 0.2) is 35.5 Å². The summed E-state index contributed by atoms with van der Waals surface area (Å²) < 4.78 is 1.93. The summed E-state index contributed by atoms with van der Waals surface area (Å²) in [7, 11) is 0. The number of piperazine rings is 1. The minimum atomic E-state index is -0.165. The summed E-state index contributed by atoms with van der Waals surface area (Å²) in [6.45, 7) is 6.64. The molecule has 0 spiro atoms. The maximum Gasteiger partial charge on any atom is 0.236 e. The zero-order chi connectivity index (χ0) is 19.3. The van der Waals surface area contributed by atoms with Gasteiger partial charge in [0.25, 0.3) is 0 Å². The van der Waals surface area contributed by atoms with Crippen LogP contribution < -0.4 is 4.90 Å². The molecule has 4 rings (SSSR count). The Kier molecular flexibility index (Phi) is 6.26. The summed E-state index contributed by atoms with van der Waals surface area (Å²) in [6, 6.07) is 11.0. The van der Waals surface area contributed by atoms with E-state index < -0.39 is 0 Å². The molecule has 1 aromatic heterocycles.